The predicted octanol–water partition coefficient (Wildman–Crippen LogP) is 1.44. The highest BCUT2D eigenvalue weighted by Crippen LogP contribution is 2.17. The average Bonchev–Trinajstić information content (AvgIpc) is 2.16. The number of nitrogens with two attached hydrogens (primary N) is 1. The Hall–Kier alpha value is 0.487. The van der Waals surface area contributed by atoms with Gasteiger partial charge in [-0.2, -0.15) is 9.90 Å². The molecule has 2 N–H and O–H groups in total. The Balaban J connectivity index is 0. The normalized spacial score (nSPS) is 11.2. The van der Waals surface area contributed by atoms with Gasteiger partial charge in [0.2, 0.25) is 0 Å². The van der Waals surface area contributed by atoms with E-state index in [1.807, 2.05) is 20.8 Å². The molecule has 0 saturated carbocycles. The standard InChI is InChI=1S/C9H23NO3Si.H3P/c1-4-11-14(12-5-2,13-6-3)9-7-8-10;/h4-10H2,1-3H3;1H3. The van der Waals surface area contributed by atoms with E-state index in [0.717, 1.165) is 12.5 Å². The fraction of sp³-hybridized carbons (Fsp3) is 1.00. The lowest BCUT2D eigenvalue weighted by Crippen LogP contribution is -2.46. The Bertz CT molecular complexity index is 124. The summed E-state index contributed by atoms with van der Waals surface area (Å²) in [6, 6.07) is 0.818. The SMILES string of the molecule is CCO[Si](CCCN)(OCC)OCC.P. The Morgan fingerprint density at radius 3 is 1.60 bits per heavy atom. The van der Waals surface area contributed by atoms with Crippen LogP contribution < -0.4 is 5.73 Å². The first-order valence-corrected chi connectivity index (χ1v) is 7.29. The molecule has 1 unspecified atom stereocenters. The molecular formula is C9H26NO3PSi. The van der Waals surface area contributed by atoms with E-state index >= 15 is 0 Å². The van der Waals surface area contributed by atoms with Gasteiger partial charge in [-0.1, -0.05) is 0 Å². The Morgan fingerprint density at radius 1 is 0.933 bits per heavy atom. The Kier molecular flexibility index (Phi) is 13.1. The molecule has 6 heteroatoms. The van der Waals surface area contributed by atoms with Crippen LogP contribution in [0.25, 0.3) is 0 Å². The average molecular weight is 255 g/mol. The molecule has 0 aromatic rings. The lowest BCUT2D eigenvalue weighted by atomic mass is 10.5. The van der Waals surface area contributed by atoms with E-state index in [4.69, 9.17) is 19.0 Å². The molecule has 15 heavy (non-hydrogen) atoms. The summed E-state index contributed by atoms with van der Waals surface area (Å²) < 4.78 is 17.0. The van der Waals surface area contributed by atoms with Gasteiger partial charge in [-0.25, -0.2) is 0 Å². The minimum Gasteiger partial charge on any atom is -0.374 e. The molecule has 0 aliphatic heterocycles. The summed E-state index contributed by atoms with van der Waals surface area (Å²) in [6.45, 7) is 8.44. The highest BCUT2D eigenvalue weighted by molar-refractivity contribution is 6.92. The van der Waals surface area contributed by atoms with Gasteiger partial charge in [-0.05, 0) is 33.7 Å². The molecule has 0 aromatic carbocycles. The topological polar surface area (TPSA) is 53.7 Å². The van der Waals surface area contributed by atoms with Gasteiger partial charge >= 0.3 is 8.80 Å². The molecule has 0 aliphatic carbocycles. The van der Waals surface area contributed by atoms with Crippen LogP contribution in [0.1, 0.15) is 27.2 Å². The molecule has 0 amide bonds. The Morgan fingerprint density at radius 2 is 1.33 bits per heavy atom. The van der Waals surface area contributed by atoms with Crippen molar-refractivity contribution in [3.8, 4) is 0 Å². The van der Waals surface area contributed by atoms with E-state index in [1.165, 1.54) is 0 Å². The van der Waals surface area contributed by atoms with Crippen LogP contribution in [-0.2, 0) is 13.3 Å². The van der Waals surface area contributed by atoms with Crippen molar-refractivity contribution in [2.75, 3.05) is 26.4 Å². The highest BCUT2D eigenvalue weighted by atomic mass is 31.0. The van der Waals surface area contributed by atoms with Crippen molar-refractivity contribution in [3.63, 3.8) is 0 Å². The van der Waals surface area contributed by atoms with E-state index in [9.17, 15) is 0 Å². The summed E-state index contributed by atoms with van der Waals surface area (Å²) in [4.78, 5) is 0. The molecule has 4 nitrogen and oxygen atoms in total. The largest absolute Gasteiger partial charge is 0.500 e. The van der Waals surface area contributed by atoms with E-state index in [1.54, 1.807) is 0 Å². The first-order chi connectivity index (χ1) is 6.74. The Labute approximate surface area is 97.8 Å². The van der Waals surface area contributed by atoms with Gasteiger partial charge in [-0.3, -0.25) is 0 Å². The summed E-state index contributed by atoms with van der Waals surface area (Å²) in [5.41, 5.74) is 5.48. The molecule has 0 spiro atoms. The molecule has 0 aliphatic rings. The van der Waals surface area contributed by atoms with E-state index in [2.05, 4.69) is 0 Å². The van der Waals surface area contributed by atoms with Crippen molar-refractivity contribution in [3.05, 3.63) is 0 Å². The maximum Gasteiger partial charge on any atom is 0.500 e. The molecule has 0 rings (SSSR count). The summed E-state index contributed by atoms with van der Waals surface area (Å²) in [7, 11) is -2.40. The molecule has 0 saturated heterocycles. The number of hydrogen-bond acceptors (Lipinski definition) is 4. The van der Waals surface area contributed by atoms with Crippen molar-refractivity contribution in [1.82, 2.24) is 0 Å². The quantitative estimate of drug-likeness (QED) is 0.500. The second-order valence-electron chi connectivity index (χ2n) is 2.87. The first kappa shape index (κ1) is 17.9. The molecular weight excluding hydrogens is 229 g/mol. The highest BCUT2D eigenvalue weighted by Gasteiger charge is 2.39. The van der Waals surface area contributed by atoms with Gasteiger partial charge < -0.3 is 19.0 Å². The number of hydrogen-bond donors (Lipinski definition) is 1. The zero-order valence-corrected chi connectivity index (χ0v) is 12.7. The minimum absolute atomic E-state index is 0. The van der Waals surface area contributed by atoms with Crippen LogP contribution in [0.5, 0.6) is 0 Å². The third-order valence-electron chi connectivity index (χ3n) is 1.78. The monoisotopic (exact) mass is 255 g/mol. The van der Waals surface area contributed by atoms with Crippen LogP contribution in [-0.4, -0.2) is 35.2 Å². The molecule has 0 bridgehead atoms. The first-order valence-electron chi connectivity index (χ1n) is 5.36. The van der Waals surface area contributed by atoms with Gasteiger partial charge in [0.05, 0.1) is 0 Å². The van der Waals surface area contributed by atoms with Crippen LogP contribution in [0.3, 0.4) is 0 Å². The van der Waals surface area contributed by atoms with Crippen molar-refractivity contribution in [2.24, 2.45) is 5.73 Å². The fourth-order valence-electron chi connectivity index (χ4n) is 1.32. The van der Waals surface area contributed by atoms with Crippen LogP contribution >= 0.6 is 9.90 Å². The van der Waals surface area contributed by atoms with Gasteiger partial charge in [0.15, 0.2) is 0 Å². The summed E-state index contributed by atoms with van der Waals surface area (Å²) in [6.07, 6.45) is 0.895. The van der Waals surface area contributed by atoms with Crippen molar-refractivity contribution in [1.29, 1.82) is 0 Å². The van der Waals surface area contributed by atoms with Crippen LogP contribution in [0.4, 0.5) is 0 Å². The third-order valence-corrected chi connectivity index (χ3v) is 4.93. The van der Waals surface area contributed by atoms with Gasteiger partial charge in [-0.15, -0.1) is 0 Å². The van der Waals surface area contributed by atoms with Crippen molar-refractivity contribution in [2.45, 2.75) is 33.2 Å². The second-order valence-corrected chi connectivity index (χ2v) is 5.61. The van der Waals surface area contributed by atoms with E-state index in [0.29, 0.717) is 26.4 Å². The van der Waals surface area contributed by atoms with Crippen molar-refractivity contribution < 1.29 is 13.3 Å². The third kappa shape index (κ3) is 7.39. The summed E-state index contributed by atoms with van der Waals surface area (Å²) in [5.74, 6) is 0. The molecule has 0 radical (unpaired) electrons. The van der Waals surface area contributed by atoms with E-state index < -0.39 is 8.80 Å². The van der Waals surface area contributed by atoms with Crippen LogP contribution in [0.2, 0.25) is 6.04 Å². The molecule has 0 fully saturated rings. The zero-order chi connectivity index (χ0) is 10.9. The van der Waals surface area contributed by atoms with Gasteiger partial charge in [0.1, 0.15) is 0 Å². The summed E-state index contributed by atoms with van der Waals surface area (Å²) >= 11 is 0. The molecule has 94 valence electrons. The lowest BCUT2D eigenvalue weighted by Gasteiger charge is -2.28. The molecule has 0 heterocycles. The minimum atomic E-state index is -2.40. The van der Waals surface area contributed by atoms with E-state index in [-0.39, 0.29) is 9.90 Å². The van der Waals surface area contributed by atoms with Crippen LogP contribution in [0.15, 0.2) is 0 Å². The summed E-state index contributed by atoms with van der Waals surface area (Å²) in [5, 5.41) is 0. The zero-order valence-electron chi connectivity index (χ0n) is 10.3. The van der Waals surface area contributed by atoms with Gasteiger partial charge in [0.25, 0.3) is 0 Å². The smallest absolute Gasteiger partial charge is 0.374 e. The van der Waals surface area contributed by atoms with Gasteiger partial charge in [0, 0.05) is 25.9 Å². The maximum atomic E-state index is 5.65. The predicted molar refractivity (Wildman–Crippen MR) is 70.2 cm³/mol. The number of rotatable bonds is 9. The molecule has 0 aromatic heterocycles. The molecule has 1 atom stereocenters. The lowest BCUT2D eigenvalue weighted by molar-refractivity contribution is 0.0710. The maximum absolute atomic E-state index is 5.65. The van der Waals surface area contributed by atoms with Crippen LogP contribution in [0, 0.1) is 0 Å². The second kappa shape index (κ2) is 11.0. The van der Waals surface area contributed by atoms with Crippen molar-refractivity contribution >= 4 is 18.7 Å². The fourth-order valence-corrected chi connectivity index (χ4v) is 3.96.